The highest BCUT2D eigenvalue weighted by molar-refractivity contribution is 7.17. The Hall–Kier alpha value is -2.02. The van der Waals surface area contributed by atoms with Crippen molar-refractivity contribution in [3.05, 3.63) is 66.9 Å². The predicted octanol–water partition coefficient (Wildman–Crippen LogP) is 5.48. The first kappa shape index (κ1) is 17.4. The summed E-state index contributed by atoms with van der Waals surface area (Å²) in [5.74, 6) is 1.04. The van der Waals surface area contributed by atoms with Crippen molar-refractivity contribution in [3.63, 3.8) is 0 Å². The Bertz CT molecular complexity index is 1140. The van der Waals surface area contributed by atoms with E-state index in [0.717, 1.165) is 26.7 Å². The highest BCUT2D eigenvalue weighted by Crippen LogP contribution is 2.35. The molecule has 4 nitrogen and oxygen atoms in total. The van der Waals surface area contributed by atoms with E-state index in [-0.39, 0.29) is 5.56 Å². The minimum absolute atomic E-state index is 0.138. The molecule has 0 amide bonds. The van der Waals surface area contributed by atoms with Gasteiger partial charge in [-0.3, -0.25) is 4.79 Å². The molecule has 0 aliphatic carbocycles. The lowest BCUT2D eigenvalue weighted by molar-refractivity contribution is 0.836. The van der Waals surface area contributed by atoms with E-state index >= 15 is 0 Å². The Balaban J connectivity index is 1.74. The number of nitrogens with zero attached hydrogens (tertiary/aromatic N) is 2. The van der Waals surface area contributed by atoms with Crippen molar-refractivity contribution < 1.29 is 0 Å². The Morgan fingerprint density at radius 1 is 1.12 bits per heavy atom. The molecule has 1 N–H and O–H groups in total. The van der Waals surface area contributed by atoms with Crippen LogP contribution in [0.5, 0.6) is 0 Å². The zero-order valence-corrected chi connectivity index (χ0v) is 16.6. The number of H-pyrrole nitrogens is 1. The zero-order valence-electron chi connectivity index (χ0n) is 14.2. The van der Waals surface area contributed by atoms with Gasteiger partial charge in [0.15, 0.2) is 0 Å². The molecule has 0 unspecified atom stereocenters. The van der Waals surface area contributed by atoms with Crippen molar-refractivity contribution in [3.8, 4) is 11.1 Å². The minimum Gasteiger partial charge on any atom is -0.310 e. The van der Waals surface area contributed by atoms with Gasteiger partial charge in [0.25, 0.3) is 5.56 Å². The number of halogens is 1. The van der Waals surface area contributed by atoms with Gasteiger partial charge in [0.1, 0.15) is 10.7 Å². The van der Waals surface area contributed by atoms with Crippen molar-refractivity contribution in [2.45, 2.75) is 26.2 Å². The van der Waals surface area contributed by atoms with Gasteiger partial charge in [-0.1, -0.05) is 43.6 Å². The number of thiophene rings is 1. The fourth-order valence-electron chi connectivity index (χ4n) is 2.80. The number of benzene rings is 1. The van der Waals surface area contributed by atoms with Gasteiger partial charge in [-0.2, -0.15) is 0 Å². The summed E-state index contributed by atoms with van der Waals surface area (Å²) >= 11 is 9.40. The molecule has 0 radical (unpaired) electrons. The average Bonchev–Trinajstić information content (AvgIpc) is 3.23. The van der Waals surface area contributed by atoms with Crippen LogP contribution in [0.3, 0.4) is 0 Å². The Morgan fingerprint density at radius 3 is 2.65 bits per heavy atom. The first-order chi connectivity index (χ1) is 12.5. The number of thiazole rings is 1. The molecule has 3 aromatic heterocycles. The van der Waals surface area contributed by atoms with Crippen LogP contribution in [-0.4, -0.2) is 15.0 Å². The molecule has 26 heavy (non-hydrogen) atoms. The molecule has 0 saturated carbocycles. The summed E-state index contributed by atoms with van der Waals surface area (Å²) in [4.78, 5) is 25.6. The number of hydrogen-bond donors (Lipinski definition) is 1. The van der Waals surface area contributed by atoms with Gasteiger partial charge >= 0.3 is 0 Å². The van der Waals surface area contributed by atoms with Gasteiger partial charge in [-0.05, 0) is 6.07 Å². The molecule has 4 rings (SSSR count). The first-order valence-corrected chi connectivity index (χ1v) is 10.4. The summed E-state index contributed by atoms with van der Waals surface area (Å²) in [6.45, 7) is 4.24. The second-order valence-electron chi connectivity index (χ2n) is 6.33. The van der Waals surface area contributed by atoms with Crippen LogP contribution in [0.15, 0.2) is 39.8 Å². The maximum Gasteiger partial charge on any atom is 0.260 e. The Kier molecular flexibility index (Phi) is 4.65. The molecule has 1 aromatic carbocycles. The van der Waals surface area contributed by atoms with Crippen LogP contribution in [0.1, 0.15) is 36.3 Å². The Labute approximate surface area is 163 Å². The van der Waals surface area contributed by atoms with Crippen molar-refractivity contribution in [1.29, 1.82) is 0 Å². The molecular weight excluding hydrogens is 386 g/mol. The number of aromatic nitrogens is 3. The molecule has 132 valence electrons. The lowest BCUT2D eigenvalue weighted by Crippen LogP contribution is -2.12. The van der Waals surface area contributed by atoms with Crippen LogP contribution in [-0.2, 0) is 6.42 Å². The normalized spacial score (nSPS) is 11.5. The molecule has 4 aromatic rings. The van der Waals surface area contributed by atoms with Crippen molar-refractivity contribution >= 4 is 44.5 Å². The summed E-state index contributed by atoms with van der Waals surface area (Å²) in [7, 11) is 0. The molecule has 3 heterocycles. The number of aromatic amines is 1. The SMILES string of the molecule is CC(C)c1nc(Cc2nc3scc(-c4ccccc4Cl)c3c(=O)[nH]2)cs1. The molecule has 0 saturated heterocycles. The van der Waals surface area contributed by atoms with Crippen molar-refractivity contribution in [2.24, 2.45) is 0 Å². The maximum atomic E-state index is 12.7. The largest absolute Gasteiger partial charge is 0.310 e. The number of fused-ring (bicyclic) bond motifs is 1. The van der Waals surface area contributed by atoms with Gasteiger partial charge in [-0.25, -0.2) is 9.97 Å². The van der Waals surface area contributed by atoms with Crippen LogP contribution < -0.4 is 5.56 Å². The summed E-state index contributed by atoms with van der Waals surface area (Å²) in [5.41, 5.74) is 2.47. The maximum absolute atomic E-state index is 12.7. The molecule has 0 aliphatic heterocycles. The van der Waals surface area contributed by atoms with E-state index in [1.165, 1.54) is 11.3 Å². The third-order valence-electron chi connectivity index (χ3n) is 4.07. The van der Waals surface area contributed by atoms with Crippen molar-refractivity contribution in [2.75, 3.05) is 0 Å². The molecular formula is C19H16ClN3OS2. The highest BCUT2D eigenvalue weighted by Gasteiger charge is 2.15. The zero-order chi connectivity index (χ0) is 18.3. The second-order valence-corrected chi connectivity index (χ2v) is 8.49. The monoisotopic (exact) mass is 401 g/mol. The minimum atomic E-state index is -0.138. The fourth-order valence-corrected chi connectivity index (χ4v) is 4.83. The van der Waals surface area contributed by atoms with Crippen molar-refractivity contribution in [1.82, 2.24) is 15.0 Å². The number of hydrogen-bond acceptors (Lipinski definition) is 5. The van der Waals surface area contributed by atoms with Gasteiger partial charge in [-0.15, -0.1) is 22.7 Å². The van der Waals surface area contributed by atoms with Crippen LogP contribution in [0.2, 0.25) is 5.02 Å². The first-order valence-electron chi connectivity index (χ1n) is 8.22. The second kappa shape index (κ2) is 6.95. The van der Waals surface area contributed by atoms with Crippen LogP contribution >= 0.6 is 34.3 Å². The van der Waals surface area contributed by atoms with Gasteiger partial charge in [0.05, 0.1) is 16.1 Å². The van der Waals surface area contributed by atoms with E-state index in [2.05, 4.69) is 28.8 Å². The molecule has 0 fully saturated rings. The standard InChI is InChI=1S/C19H16ClN3OS2/c1-10(2)18-21-11(8-25-18)7-15-22-17(24)16-13(9-26-19(16)23-15)12-5-3-4-6-14(12)20/h3-6,8-10H,7H2,1-2H3,(H,22,23,24). The lowest BCUT2D eigenvalue weighted by atomic mass is 10.1. The third-order valence-corrected chi connectivity index (χ3v) is 6.46. The predicted molar refractivity (Wildman–Crippen MR) is 110 cm³/mol. The van der Waals surface area contributed by atoms with Crippen LogP contribution in [0.4, 0.5) is 0 Å². The Morgan fingerprint density at radius 2 is 1.92 bits per heavy atom. The molecule has 0 spiro atoms. The van der Waals surface area contributed by atoms with Gasteiger partial charge < -0.3 is 4.98 Å². The quantitative estimate of drug-likeness (QED) is 0.492. The van der Waals surface area contributed by atoms with E-state index in [1.807, 2.05) is 35.0 Å². The van der Waals surface area contributed by atoms with E-state index < -0.39 is 0 Å². The van der Waals surface area contributed by atoms with Gasteiger partial charge in [0.2, 0.25) is 0 Å². The lowest BCUT2D eigenvalue weighted by Gasteiger charge is -2.03. The summed E-state index contributed by atoms with van der Waals surface area (Å²) in [5, 5.41) is 6.29. The molecule has 0 aliphatic rings. The number of rotatable bonds is 4. The number of nitrogens with one attached hydrogen (secondary N) is 1. The average molecular weight is 402 g/mol. The van der Waals surface area contributed by atoms with E-state index in [0.29, 0.717) is 28.6 Å². The fraction of sp³-hybridized carbons (Fsp3) is 0.211. The highest BCUT2D eigenvalue weighted by atomic mass is 35.5. The summed E-state index contributed by atoms with van der Waals surface area (Å²) < 4.78 is 0. The van der Waals surface area contributed by atoms with E-state index in [1.54, 1.807) is 11.3 Å². The summed E-state index contributed by atoms with van der Waals surface area (Å²) in [6.07, 6.45) is 0.522. The topological polar surface area (TPSA) is 58.6 Å². The van der Waals surface area contributed by atoms with Crippen LogP contribution in [0, 0.1) is 0 Å². The smallest absolute Gasteiger partial charge is 0.260 e. The molecule has 0 bridgehead atoms. The van der Waals surface area contributed by atoms with Gasteiger partial charge in [0, 0.05) is 39.2 Å². The van der Waals surface area contributed by atoms with E-state index in [9.17, 15) is 4.79 Å². The summed E-state index contributed by atoms with van der Waals surface area (Å²) in [6, 6.07) is 7.53. The van der Waals surface area contributed by atoms with Crippen LogP contribution in [0.25, 0.3) is 21.3 Å². The third kappa shape index (κ3) is 3.20. The molecule has 0 atom stereocenters. The van der Waals surface area contributed by atoms with E-state index in [4.69, 9.17) is 11.6 Å². The molecule has 7 heteroatoms.